The number of hydrogen-bond donors (Lipinski definition) is 0. The lowest BCUT2D eigenvalue weighted by molar-refractivity contribution is 0.0304. The van der Waals surface area contributed by atoms with Crippen molar-refractivity contribution in [3.8, 4) is 11.3 Å². The minimum atomic E-state index is -0.0657. The first kappa shape index (κ1) is 15.1. The number of fused-ring (bicyclic) bond motifs is 1. The van der Waals surface area contributed by atoms with Gasteiger partial charge in [0.05, 0.1) is 25.1 Å². The fourth-order valence-electron chi connectivity index (χ4n) is 2.85. The summed E-state index contributed by atoms with van der Waals surface area (Å²) in [7, 11) is 0. The van der Waals surface area contributed by atoms with E-state index in [2.05, 4.69) is 10.1 Å². The number of morpholine rings is 1. The maximum atomic E-state index is 12.7. The van der Waals surface area contributed by atoms with E-state index in [1.807, 2.05) is 30.3 Å². The molecule has 0 bridgehead atoms. The van der Waals surface area contributed by atoms with Crippen LogP contribution in [0.15, 0.2) is 42.7 Å². The highest BCUT2D eigenvalue weighted by Crippen LogP contribution is 2.24. The molecule has 1 aliphatic rings. The van der Waals surface area contributed by atoms with Gasteiger partial charge in [-0.1, -0.05) is 23.7 Å². The van der Waals surface area contributed by atoms with Gasteiger partial charge in [0.15, 0.2) is 5.65 Å². The Hall–Kier alpha value is -2.44. The topological polar surface area (TPSA) is 59.7 Å². The fourth-order valence-corrected chi connectivity index (χ4v) is 3.04. The molecule has 24 heavy (non-hydrogen) atoms. The predicted octanol–water partition coefficient (Wildman–Crippen LogP) is 2.52. The number of carbonyl (C=O) groups excluding carboxylic acids is 1. The molecule has 0 unspecified atom stereocenters. The van der Waals surface area contributed by atoms with Crippen LogP contribution >= 0.6 is 11.6 Å². The third-order valence-corrected chi connectivity index (χ3v) is 4.29. The number of ether oxygens (including phenoxy) is 1. The summed E-state index contributed by atoms with van der Waals surface area (Å²) in [4.78, 5) is 18.9. The van der Waals surface area contributed by atoms with E-state index in [0.29, 0.717) is 42.5 Å². The highest BCUT2D eigenvalue weighted by atomic mass is 35.5. The summed E-state index contributed by atoms with van der Waals surface area (Å²) in [5.74, 6) is -0.0657. The molecule has 1 aromatic carbocycles. The van der Waals surface area contributed by atoms with Crippen molar-refractivity contribution in [2.75, 3.05) is 26.3 Å². The Morgan fingerprint density at radius 1 is 1.21 bits per heavy atom. The molecule has 0 saturated carbocycles. The second kappa shape index (κ2) is 6.22. The van der Waals surface area contributed by atoms with Gasteiger partial charge in [0.1, 0.15) is 5.56 Å². The Balaban J connectivity index is 1.77. The molecule has 0 radical (unpaired) electrons. The number of rotatable bonds is 2. The minimum absolute atomic E-state index is 0.0657. The first-order valence-corrected chi connectivity index (χ1v) is 8.07. The first-order chi connectivity index (χ1) is 11.7. The highest BCUT2D eigenvalue weighted by molar-refractivity contribution is 6.30. The maximum absolute atomic E-state index is 12.7. The van der Waals surface area contributed by atoms with E-state index >= 15 is 0 Å². The Morgan fingerprint density at radius 2 is 2.04 bits per heavy atom. The van der Waals surface area contributed by atoms with Crippen LogP contribution in [-0.4, -0.2) is 51.7 Å². The molecule has 1 aliphatic heterocycles. The Bertz CT molecular complexity index is 902. The molecule has 0 N–H and O–H groups in total. The van der Waals surface area contributed by atoms with E-state index in [0.717, 1.165) is 11.3 Å². The van der Waals surface area contributed by atoms with Crippen LogP contribution in [0.1, 0.15) is 10.4 Å². The van der Waals surface area contributed by atoms with Gasteiger partial charge >= 0.3 is 0 Å². The molecular weight excluding hydrogens is 328 g/mol. The average Bonchev–Trinajstić information content (AvgIpc) is 3.06. The SMILES string of the molecule is O=C(c1cnn2c(-c3cccc(Cl)c3)ccnc12)N1CCOCC1. The standard InChI is InChI=1S/C17H15ClN4O2/c18-13-3-1-2-12(10-13)15-4-5-19-16-14(11-20-22(15)16)17(23)21-6-8-24-9-7-21/h1-5,10-11H,6-9H2. The van der Waals surface area contributed by atoms with Crippen molar-refractivity contribution >= 4 is 23.2 Å². The number of benzene rings is 1. The molecular formula is C17H15ClN4O2. The van der Waals surface area contributed by atoms with Gasteiger partial charge in [0.2, 0.25) is 0 Å². The summed E-state index contributed by atoms with van der Waals surface area (Å²) in [6.45, 7) is 2.30. The van der Waals surface area contributed by atoms with E-state index < -0.39 is 0 Å². The van der Waals surface area contributed by atoms with Crippen molar-refractivity contribution in [1.29, 1.82) is 0 Å². The van der Waals surface area contributed by atoms with Gasteiger partial charge < -0.3 is 9.64 Å². The van der Waals surface area contributed by atoms with E-state index in [1.165, 1.54) is 0 Å². The predicted molar refractivity (Wildman–Crippen MR) is 90.2 cm³/mol. The van der Waals surface area contributed by atoms with Crippen LogP contribution in [0.25, 0.3) is 16.9 Å². The molecule has 6 nitrogen and oxygen atoms in total. The third kappa shape index (κ3) is 2.64. The van der Waals surface area contributed by atoms with Gasteiger partial charge in [-0.3, -0.25) is 4.79 Å². The largest absolute Gasteiger partial charge is 0.378 e. The summed E-state index contributed by atoms with van der Waals surface area (Å²) in [5, 5.41) is 5.02. The monoisotopic (exact) mass is 342 g/mol. The van der Waals surface area contributed by atoms with Gasteiger partial charge in [0, 0.05) is 29.9 Å². The summed E-state index contributed by atoms with van der Waals surface area (Å²) in [5.41, 5.74) is 2.80. The molecule has 7 heteroatoms. The third-order valence-electron chi connectivity index (χ3n) is 4.05. The zero-order valence-electron chi connectivity index (χ0n) is 12.9. The minimum Gasteiger partial charge on any atom is -0.378 e. The smallest absolute Gasteiger partial charge is 0.259 e. The number of halogens is 1. The van der Waals surface area contributed by atoms with Crippen LogP contribution in [-0.2, 0) is 4.74 Å². The van der Waals surface area contributed by atoms with Gasteiger partial charge in [-0.2, -0.15) is 5.10 Å². The zero-order chi connectivity index (χ0) is 16.5. The second-order valence-corrected chi connectivity index (χ2v) is 5.98. The van der Waals surface area contributed by atoms with Gasteiger partial charge in [-0.25, -0.2) is 9.50 Å². The van der Waals surface area contributed by atoms with Crippen molar-refractivity contribution in [2.45, 2.75) is 0 Å². The van der Waals surface area contributed by atoms with Crippen molar-refractivity contribution < 1.29 is 9.53 Å². The Morgan fingerprint density at radius 3 is 2.83 bits per heavy atom. The number of aromatic nitrogens is 3. The van der Waals surface area contributed by atoms with Crippen molar-refractivity contribution in [2.24, 2.45) is 0 Å². The molecule has 122 valence electrons. The number of nitrogens with zero attached hydrogens (tertiary/aromatic N) is 4. The lowest BCUT2D eigenvalue weighted by Crippen LogP contribution is -2.40. The van der Waals surface area contributed by atoms with Crippen LogP contribution in [0.2, 0.25) is 5.02 Å². The van der Waals surface area contributed by atoms with E-state index in [-0.39, 0.29) is 5.91 Å². The van der Waals surface area contributed by atoms with Crippen LogP contribution in [0.4, 0.5) is 0 Å². The van der Waals surface area contributed by atoms with Gasteiger partial charge in [-0.15, -0.1) is 0 Å². The number of hydrogen-bond acceptors (Lipinski definition) is 4. The summed E-state index contributed by atoms with van der Waals surface area (Å²) >= 11 is 6.09. The quantitative estimate of drug-likeness (QED) is 0.718. The normalized spacial score (nSPS) is 15.0. The van der Waals surface area contributed by atoms with Crippen molar-refractivity contribution in [1.82, 2.24) is 19.5 Å². The lowest BCUT2D eigenvalue weighted by Gasteiger charge is -2.26. The Kier molecular flexibility index (Phi) is 3.92. The van der Waals surface area contributed by atoms with E-state index in [9.17, 15) is 4.79 Å². The number of amides is 1. The Labute approximate surface area is 143 Å². The van der Waals surface area contributed by atoms with Crippen molar-refractivity contribution in [3.63, 3.8) is 0 Å². The zero-order valence-corrected chi connectivity index (χ0v) is 13.6. The molecule has 0 atom stereocenters. The van der Waals surface area contributed by atoms with E-state index in [4.69, 9.17) is 16.3 Å². The van der Waals surface area contributed by atoms with Gasteiger partial charge in [0.25, 0.3) is 5.91 Å². The molecule has 1 amide bonds. The molecule has 2 aromatic heterocycles. The van der Waals surface area contributed by atoms with Crippen LogP contribution < -0.4 is 0 Å². The molecule has 1 saturated heterocycles. The number of carbonyl (C=O) groups is 1. The molecule has 0 spiro atoms. The molecule has 4 rings (SSSR count). The van der Waals surface area contributed by atoms with Crippen LogP contribution in [0, 0.1) is 0 Å². The average molecular weight is 343 g/mol. The van der Waals surface area contributed by atoms with Crippen molar-refractivity contribution in [3.05, 3.63) is 53.3 Å². The molecule has 1 fully saturated rings. The summed E-state index contributed by atoms with van der Waals surface area (Å²) < 4.78 is 6.98. The second-order valence-electron chi connectivity index (χ2n) is 5.54. The van der Waals surface area contributed by atoms with Crippen LogP contribution in [0.3, 0.4) is 0 Å². The van der Waals surface area contributed by atoms with Gasteiger partial charge in [-0.05, 0) is 18.2 Å². The summed E-state index contributed by atoms with van der Waals surface area (Å²) in [6, 6.07) is 9.37. The molecule has 0 aliphatic carbocycles. The molecule has 3 heterocycles. The maximum Gasteiger partial charge on any atom is 0.259 e. The van der Waals surface area contributed by atoms with Crippen LogP contribution in [0.5, 0.6) is 0 Å². The summed E-state index contributed by atoms with van der Waals surface area (Å²) in [6.07, 6.45) is 3.26. The fraction of sp³-hybridized carbons (Fsp3) is 0.235. The van der Waals surface area contributed by atoms with E-state index in [1.54, 1.807) is 21.8 Å². The first-order valence-electron chi connectivity index (χ1n) is 7.70. The molecule has 3 aromatic rings. The lowest BCUT2D eigenvalue weighted by atomic mass is 10.1. The highest BCUT2D eigenvalue weighted by Gasteiger charge is 2.23.